The largest absolute Gasteiger partial charge is 0.350 e. The van der Waals surface area contributed by atoms with Crippen molar-refractivity contribution in [1.82, 2.24) is 5.32 Å². The third-order valence-corrected chi connectivity index (χ3v) is 4.79. The molecule has 0 aliphatic rings. The Balaban J connectivity index is 2.04. The van der Waals surface area contributed by atoms with Crippen LogP contribution in [0.4, 0.5) is 5.69 Å². The van der Waals surface area contributed by atoms with Gasteiger partial charge < -0.3 is 10.2 Å². The summed E-state index contributed by atoms with van der Waals surface area (Å²) in [6.07, 6.45) is 0. The summed E-state index contributed by atoms with van der Waals surface area (Å²) >= 11 is 11.8. The number of carbonyl (C=O) groups excluding carboxylic acids is 2. The van der Waals surface area contributed by atoms with Crippen LogP contribution in [0.15, 0.2) is 36.4 Å². The van der Waals surface area contributed by atoms with E-state index in [2.05, 4.69) is 5.32 Å². The van der Waals surface area contributed by atoms with Gasteiger partial charge in [-0.25, -0.2) is 0 Å². The van der Waals surface area contributed by atoms with E-state index >= 15 is 0 Å². The molecule has 2 aromatic rings. The fourth-order valence-corrected chi connectivity index (χ4v) is 2.79. The Hall–Kier alpha value is -2.04. The first-order valence-electron chi connectivity index (χ1n) is 7.89. The maximum Gasteiger partial charge on any atom is 0.251 e. The maximum absolute atomic E-state index is 12.2. The summed E-state index contributed by atoms with van der Waals surface area (Å²) in [6, 6.07) is 10.5. The molecule has 1 N–H and O–H groups in total. The van der Waals surface area contributed by atoms with E-state index in [0.717, 1.165) is 16.8 Å². The molecule has 0 aliphatic carbocycles. The van der Waals surface area contributed by atoms with E-state index in [-0.39, 0.29) is 11.8 Å². The van der Waals surface area contributed by atoms with Crippen LogP contribution in [0.1, 0.15) is 28.4 Å². The van der Waals surface area contributed by atoms with E-state index in [0.29, 0.717) is 28.7 Å². The number of carbonyl (C=O) groups is 2. The summed E-state index contributed by atoms with van der Waals surface area (Å²) < 4.78 is 0. The normalized spacial score (nSPS) is 10.4. The number of amides is 2. The third-order valence-electron chi connectivity index (χ3n) is 4.05. The van der Waals surface area contributed by atoms with Crippen molar-refractivity contribution in [2.45, 2.75) is 20.8 Å². The molecule has 0 spiro atoms. The molecular formula is C19H20Cl2N2O2. The van der Waals surface area contributed by atoms with Gasteiger partial charge >= 0.3 is 0 Å². The van der Waals surface area contributed by atoms with Crippen LogP contribution in [-0.2, 0) is 4.79 Å². The number of rotatable bonds is 5. The smallest absolute Gasteiger partial charge is 0.251 e. The Morgan fingerprint density at radius 1 is 1.08 bits per heavy atom. The molecule has 25 heavy (non-hydrogen) atoms. The molecule has 2 amide bonds. The molecule has 0 saturated heterocycles. The topological polar surface area (TPSA) is 49.4 Å². The molecule has 6 heteroatoms. The van der Waals surface area contributed by atoms with Gasteiger partial charge in [0, 0.05) is 31.3 Å². The highest BCUT2D eigenvalue weighted by Gasteiger charge is 2.15. The van der Waals surface area contributed by atoms with Crippen molar-refractivity contribution >= 4 is 40.7 Å². The van der Waals surface area contributed by atoms with Gasteiger partial charge in [-0.1, -0.05) is 35.3 Å². The van der Waals surface area contributed by atoms with Gasteiger partial charge in [0.1, 0.15) is 0 Å². The van der Waals surface area contributed by atoms with E-state index in [9.17, 15) is 9.59 Å². The highest BCUT2D eigenvalue weighted by Crippen LogP contribution is 2.23. The summed E-state index contributed by atoms with van der Waals surface area (Å²) in [5.74, 6) is -0.333. The highest BCUT2D eigenvalue weighted by atomic mass is 35.5. The molecular weight excluding hydrogens is 359 g/mol. The van der Waals surface area contributed by atoms with Crippen LogP contribution in [0.5, 0.6) is 0 Å². The van der Waals surface area contributed by atoms with E-state index < -0.39 is 0 Å². The first-order chi connectivity index (χ1) is 11.8. The zero-order valence-electron chi connectivity index (χ0n) is 14.4. The van der Waals surface area contributed by atoms with Crippen LogP contribution in [0, 0.1) is 13.8 Å². The molecule has 0 bridgehead atoms. The Labute approximate surface area is 157 Å². The fraction of sp³-hybridized carbons (Fsp3) is 0.263. The lowest BCUT2D eigenvalue weighted by Gasteiger charge is -2.24. The molecule has 0 aliphatic heterocycles. The van der Waals surface area contributed by atoms with Gasteiger partial charge in [0.15, 0.2) is 0 Å². The van der Waals surface area contributed by atoms with Crippen LogP contribution < -0.4 is 10.2 Å². The van der Waals surface area contributed by atoms with E-state index in [1.165, 1.54) is 13.0 Å². The zero-order valence-corrected chi connectivity index (χ0v) is 15.9. The quantitative estimate of drug-likeness (QED) is 0.838. The minimum atomic E-state index is -0.261. The van der Waals surface area contributed by atoms with Crippen LogP contribution in [0.25, 0.3) is 0 Å². The van der Waals surface area contributed by atoms with Crippen molar-refractivity contribution in [2.75, 3.05) is 18.0 Å². The Kier molecular flexibility index (Phi) is 6.45. The summed E-state index contributed by atoms with van der Waals surface area (Å²) in [4.78, 5) is 25.9. The first-order valence-corrected chi connectivity index (χ1v) is 8.64. The predicted molar refractivity (Wildman–Crippen MR) is 103 cm³/mol. The molecule has 2 aromatic carbocycles. The van der Waals surface area contributed by atoms with Crippen LogP contribution in [0.2, 0.25) is 10.0 Å². The lowest BCUT2D eigenvalue weighted by atomic mass is 10.1. The third kappa shape index (κ3) is 4.74. The van der Waals surface area contributed by atoms with Crippen LogP contribution in [-0.4, -0.2) is 24.9 Å². The number of nitrogens with zero attached hydrogens (tertiary/aromatic N) is 1. The minimum Gasteiger partial charge on any atom is -0.350 e. The number of anilines is 1. The first kappa shape index (κ1) is 19.3. The molecule has 0 fully saturated rings. The second-order valence-electron chi connectivity index (χ2n) is 5.77. The molecule has 0 aromatic heterocycles. The van der Waals surface area contributed by atoms with Crippen molar-refractivity contribution in [3.05, 3.63) is 63.1 Å². The average molecular weight is 379 g/mol. The Morgan fingerprint density at radius 2 is 1.80 bits per heavy atom. The van der Waals surface area contributed by atoms with E-state index in [4.69, 9.17) is 23.2 Å². The molecule has 132 valence electrons. The summed E-state index contributed by atoms with van der Waals surface area (Å²) in [7, 11) is 0. The van der Waals surface area contributed by atoms with Gasteiger partial charge in [0.2, 0.25) is 5.91 Å². The summed E-state index contributed by atoms with van der Waals surface area (Å²) in [6.45, 7) is 6.21. The van der Waals surface area contributed by atoms with E-state index in [1.54, 1.807) is 17.0 Å². The van der Waals surface area contributed by atoms with Crippen LogP contribution in [0.3, 0.4) is 0 Å². The molecule has 4 nitrogen and oxygen atoms in total. The zero-order chi connectivity index (χ0) is 18.6. The molecule has 0 heterocycles. The highest BCUT2D eigenvalue weighted by molar-refractivity contribution is 6.42. The summed E-state index contributed by atoms with van der Waals surface area (Å²) in [5.41, 5.74) is 3.45. The molecule has 0 atom stereocenters. The van der Waals surface area contributed by atoms with Gasteiger partial charge in [-0.15, -0.1) is 0 Å². The lowest BCUT2D eigenvalue weighted by molar-refractivity contribution is -0.116. The number of hydrogen-bond acceptors (Lipinski definition) is 2. The molecule has 0 saturated carbocycles. The van der Waals surface area contributed by atoms with Crippen molar-refractivity contribution in [3.8, 4) is 0 Å². The monoisotopic (exact) mass is 378 g/mol. The Bertz CT molecular complexity index is 806. The number of nitrogens with one attached hydrogen (secondary N) is 1. The number of benzene rings is 2. The number of aryl methyl sites for hydroxylation is 1. The minimum absolute atomic E-state index is 0.0718. The van der Waals surface area contributed by atoms with E-state index in [1.807, 2.05) is 32.0 Å². The standard InChI is InChI=1S/C19H20Cl2N2O2/c1-12-5-4-6-18(13(12)2)23(14(3)24)10-9-22-19(25)15-7-8-16(20)17(21)11-15/h4-8,11H,9-10H2,1-3H3,(H,22,25). The van der Waals surface area contributed by atoms with Crippen LogP contribution >= 0.6 is 23.2 Å². The number of hydrogen-bond donors (Lipinski definition) is 1. The molecule has 2 rings (SSSR count). The lowest BCUT2D eigenvalue weighted by Crippen LogP contribution is -2.38. The second-order valence-corrected chi connectivity index (χ2v) is 6.59. The van der Waals surface area contributed by atoms with Gasteiger partial charge in [0.05, 0.1) is 10.0 Å². The summed E-state index contributed by atoms with van der Waals surface area (Å²) in [5, 5.41) is 3.53. The van der Waals surface area contributed by atoms with Gasteiger partial charge in [-0.2, -0.15) is 0 Å². The number of halogens is 2. The SMILES string of the molecule is CC(=O)N(CCNC(=O)c1ccc(Cl)c(Cl)c1)c1cccc(C)c1C. The Morgan fingerprint density at radius 3 is 2.44 bits per heavy atom. The predicted octanol–water partition coefficient (Wildman–Crippen LogP) is 4.39. The maximum atomic E-state index is 12.2. The van der Waals surface area contributed by atoms with Crippen molar-refractivity contribution < 1.29 is 9.59 Å². The fourth-order valence-electron chi connectivity index (χ4n) is 2.50. The van der Waals surface area contributed by atoms with Gasteiger partial charge in [-0.05, 0) is 49.2 Å². The molecule has 0 radical (unpaired) electrons. The van der Waals surface area contributed by atoms with Crippen molar-refractivity contribution in [2.24, 2.45) is 0 Å². The van der Waals surface area contributed by atoms with Gasteiger partial charge in [-0.3, -0.25) is 9.59 Å². The second kappa shape index (κ2) is 8.37. The van der Waals surface area contributed by atoms with Crippen molar-refractivity contribution in [3.63, 3.8) is 0 Å². The van der Waals surface area contributed by atoms with Crippen molar-refractivity contribution in [1.29, 1.82) is 0 Å². The average Bonchev–Trinajstić information content (AvgIpc) is 2.56. The molecule has 0 unspecified atom stereocenters. The van der Waals surface area contributed by atoms with Gasteiger partial charge in [0.25, 0.3) is 5.91 Å².